The highest BCUT2D eigenvalue weighted by Gasteiger charge is 2.29. The molecule has 106 valence electrons. The zero-order chi connectivity index (χ0) is 14.8. The maximum absolute atomic E-state index is 12.4. The van der Waals surface area contributed by atoms with Crippen LogP contribution in [0.1, 0.15) is 35.4 Å². The zero-order valence-electron chi connectivity index (χ0n) is 10.9. The van der Waals surface area contributed by atoms with Crippen molar-refractivity contribution < 1.29 is 18.3 Å². The third-order valence-electron chi connectivity index (χ3n) is 3.00. The van der Waals surface area contributed by atoms with E-state index in [1.54, 1.807) is 25.3 Å². The van der Waals surface area contributed by atoms with Gasteiger partial charge in [-0.25, -0.2) is 0 Å². The lowest BCUT2D eigenvalue weighted by Crippen LogP contribution is -2.04. The van der Waals surface area contributed by atoms with Gasteiger partial charge >= 0.3 is 6.18 Å². The Morgan fingerprint density at radius 2 is 1.75 bits per heavy atom. The minimum absolute atomic E-state index is 0.457. The SMILES string of the molecule is CC(O)c1ccc(Cc2ccc(C(F)(F)F)cc2)nc1. The van der Waals surface area contributed by atoms with Crippen LogP contribution in [0, 0.1) is 0 Å². The average Bonchev–Trinajstić information content (AvgIpc) is 2.39. The molecule has 1 N–H and O–H groups in total. The first-order chi connectivity index (χ1) is 9.36. The molecule has 1 atom stereocenters. The number of hydrogen-bond donors (Lipinski definition) is 1. The summed E-state index contributed by atoms with van der Waals surface area (Å²) in [6.45, 7) is 1.65. The molecule has 0 amide bonds. The molecule has 1 heterocycles. The second-order valence-corrected chi connectivity index (χ2v) is 4.63. The molecule has 0 spiro atoms. The summed E-state index contributed by atoms with van der Waals surface area (Å²) >= 11 is 0. The summed E-state index contributed by atoms with van der Waals surface area (Å²) in [5, 5.41) is 9.36. The molecule has 5 heteroatoms. The molecule has 0 aliphatic rings. The minimum atomic E-state index is -4.31. The van der Waals surface area contributed by atoms with Crippen molar-refractivity contribution in [3.63, 3.8) is 0 Å². The summed E-state index contributed by atoms with van der Waals surface area (Å²) in [6, 6.07) is 8.57. The zero-order valence-corrected chi connectivity index (χ0v) is 10.9. The maximum Gasteiger partial charge on any atom is 0.416 e. The van der Waals surface area contributed by atoms with Crippen molar-refractivity contribution in [1.82, 2.24) is 4.98 Å². The Morgan fingerprint density at radius 1 is 1.10 bits per heavy atom. The smallest absolute Gasteiger partial charge is 0.389 e. The van der Waals surface area contributed by atoms with Crippen molar-refractivity contribution >= 4 is 0 Å². The van der Waals surface area contributed by atoms with Gasteiger partial charge in [-0.05, 0) is 36.2 Å². The van der Waals surface area contributed by atoms with E-state index < -0.39 is 17.8 Å². The number of aliphatic hydroxyl groups excluding tert-OH is 1. The van der Waals surface area contributed by atoms with Gasteiger partial charge in [-0.3, -0.25) is 4.98 Å². The van der Waals surface area contributed by atoms with Gasteiger partial charge in [0.25, 0.3) is 0 Å². The maximum atomic E-state index is 12.4. The molecule has 1 aromatic carbocycles. The van der Waals surface area contributed by atoms with Crippen molar-refractivity contribution in [2.45, 2.75) is 25.6 Å². The van der Waals surface area contributed by atoms with Crippen LogP contribution in [-0.4, -0.2) is 10.1 Å². The van der Waals surface area contributed by atoms with E-state index in [4.69, 9.17) is 0 Å². The van der Waals surface area contributed by atoms with Crippen molar-refractivity contribution in [2.24, 2.45) is 0 Å². The first-order valence-corrected chi connectivity index (χ1v) is 6.15. The highest BCUT2D eigenvalue weighted by molar-refractivity contribution is 5.28. The van der Waals surface area contributed by atoms with E-state index in [1.165, 1.54) is 12.1 Å². The van der Waals surface area contributed by atoms with Crippen LogP contribution in [0.2, 0.25) is 0 Å². The molecular formula is C15H14F3NO. The fourth-order valence-corrected chi connectivity index (χ4v) is 1.81. The van der Waals surface area contributed by atoms with Gasteiger partial charge < -0.3 is 5.11 Å². The number of nitrogens with zero attached hydrogens (tertiary/aromatic N) is 1. The Kier molecular flexibility index (Phi) is 4.09. The van der Waals surface area contributed by atoms with Crippen LogP contribution in [0.4, 0.5) is 13.2 Å². The van der Waals surface area contributed by atoms with Crippen LogP contribution in [-0.2, 0) is 12.6 Å². The molecular weight excluding hydrogens is 267 g/mol. The third kappa shape index (κ3) is 3.57. The fraction of sp³-hybridized carbons (Fsp3) is 0.267. The summed E-state index contributed by atoms with van der Waals surface area (Å²) in [5.41, 5.74) is 1.56. The molecule has 0 aliphatic heterocycles. The van der Waals surface area contributed by atoms with Crippen LogP contribution >= 0.6 is 0 Å². The van der Waals surface area contributed by atoms with E-state index in [0.29, 0.717) is 12.0 Å². The molecule has 0 aliphatic carbocycles. The van der Waals surface area contributed by atoms with E-state index >= 15 is 0 Å². The second-order valence-electron chi connectivity index (χ2n) is 4.63. The summed E-state index contributed by atoms with van der Waals surface area (Å²) in [6.07, 6.45) is -2.86. The lowest BCUT2D eigenvalue weighted by molar-refractivity contribution is -0.137. The number of halogens is 3. The van der Waals surface area contributed by atoms with E-state index in [0.717, 1.165) is 23.4 Å². The largest absolute Gasteiger partial charge is 0.416 e. The molecule has 2 aromatic rings. The molecule has 1 unspecified atom stereocenters. The molecule has 0 fully saturated rings. The van der Waals surface area contributed by atoms with Gasteiger partial charge in [-0.2, -0.15) is 13.2 Å². The molecule has 0 radical (unpaired) electrons. The first kappa shape index (κ1) is 14.5. The van der Waals surface area contributed by atoms with Gasteiger partial charge in [0.1, 0.15) is 0 Å². The van der Waals surface area contributed by atoms with Gasteiger partial charge in [-0.15, -0.1) is 0 Å². The Balaban J connectivity index is 2.10. The van der Waals surface area contributed by atoms with Crippen molar-refractivity contribution in [1.29, 1.82) is 0 Å². The summed E-state index contributed by atoms with van der Waals surface area (Å²) in [4.78, 5) is 4.18. The predicted molar refractivity (Wildman–Crippen MR) is 69.1 cm³/mol. The van der Waals surface area contributed by atoms with Gasteiger partial charge in [0.05, 0.1) is 11.7 Å². The van der Waals surface area contributed by atoms with Crippen LogP contribution < -0.4 is 0 Å². The van der Waals surface area contributed by atoms with Crippen molar-refractivity contribution in [3.8, 4) is 0 Å². The molecule has 2 rings (SSSR count). The summed E-state index contributed by atoms with van der Waals surface area (Å²) in [7, 11) is 0. The number of rotatable bonds is 3. The Labute approximate surface area is 114 Å². The summed E-state index contributed by atoms with van der Waals surface area (Å²) < 4.78 is 37.3. The number of hydrogen-bond acceptors (Lipinski definition) is 2. The van der Waals surface area contributed by atoms with Crippen molar-refractivity contribution in [2.75, 3.05) is 0 Å². The Bertz CT molecular complexity index is 559. The molecule has 0 saturated carbocycles. The normalized spacial score (nSPS) is 13.2. The molecule has 2 nitrogen and oxygen atoms in total. The lowest BCUT2D eigenvalue weighted by Gasteiger charge is -2.08. The number of aliphatic hydroxyl groups is 1. The number of pyridine rings is 1. The second kappa shape index (κ2) is 5.63. The number of benzene rings is 1. The molecule has 0 bridgehead atoms. The van der Waals surface area contributed by atoms with Crippen LogP contribution in [0.3, 0.4) is 0 Å². The van der Waals surface area contributed by atoms with E-state index in [2.05, 4.69) is 4.98 Å². The Morgan fingerprint density at radius 3 is 2.20 bits per heavy atom. The topological polar surface area (TPSA) is 33.1 Å². The molecule has 20 heavy (non-hydrogen) atoms. The third-order valence-corrected chi connectivity index (χ3v) is 3.00. The molecule has 0 saturated heterocycles. The van der Waals surface area contributed by atoms with Gasteiger partial charge in [0, 0.05) is 18.3 Å². The summed E-state index contributed by atoms with van der Waals surface area (Å²) in [5.74, 6) is 0. The van der Waals surface area contributed by atoms with E-state index in [1.807, 2.05) is 0 Å². The predicted octanol–water partition coefficient (Wildman–Crippen LogP) is 3.74. The van der Waals surface area contributed by atoms with Gasteiger partial charge in [0.2, 0.25) is 0 Å². The molecule has 1 aromatic heterocycles. The fourth-order valence-electron chi connectivity index (χ4n) is 1.81. The van der Waals surface area contributed by atoms with Crippen LogP contribution in [0.25, 0.3) is 0 Å². The Hall–Kier alpha value is -1.88. The highest BCUT2D eigenvalue weighted by atomic mass is 19.4. The minimum Gasteiger partial charge on any atom is -0.389 e. The monoisotopic (exact) mass is 281 g/mol. The van der Waals surface area contributed by atoms with Gasteiger partial charge in [0.15, 0.2) is 0 Å². The van der Waals surface area contributed by atoms with Crippen LogP contribution in [0.15, 0.2) is 42.6 Å². The standard InChI is InChI=1S/C15H14F3NO/c1-10(20)12-4-7-14(19-9-12)8-11-2-5-13(6-3-11)15(16,17)18/h2-7,9-10,20H,8H2,1H3. The van der Waals surface area contributed by atoms with E-state index in [9.17, 15) is 18.3 Å². The van der Waals surface area contributed by atoms with Gasteiger partial charge in [-0.1, -0.05) is 18.2 Å². The quantitative estimate of drug-likeness (QED) is 0.929. The average molecular weight is 281 g/mol. The number of aromatic nitrogens is 1. The van der Waals surface area contributed by atoms with Crippen molar-refractivity contribution in [3.05, 3.63) is 65.0 Å². The lowest BCUT2D eigenvalue weighted by atomic mass is 10.1. The number of alkyl halides is 3. The highest BCUT2D eigenvalue weighted by Crippen LogP contribution is 2.29. The first-order valence-electron chi connectivity index (χ1n) is 6.15. The van der Waals surface area contributed by atoms with E-state index in [-0.39, 0.29) is 0 Å². The van der Waals surface area contributed by atoms with Crippen LogP contribution in [0.5, 0.6) is 0 Å².